The molecule has 2 aromatic rings. The normalized spacial score (nSPS) is 17.8. The molecule has 162 valence electrons. The van der Waals surface area contributed by atoms with Crippen molar-refractivity contribution in [3.05, 3.63) is 68.8 Å². The zero-order valence-corrected chi connectivity index (χ0v) is 19.4. The number of piperazine rings is 1. The Morgan fingerprint density at radius 2 is 1.65 bits per heavy atom. The van der Waals surface area contributed by atoms with Gasteiger partial charge in [-0.1, -0.05) is 60.0 Å². The number of carbonyl (C=O) groups is 2. The first-order chi connectivity index (χ1) is 14.8. The summed E-state index contributed by atoms with van der Waals surface area (Å²) in [6.07, 6.45) is 0. The summed E-state index contributed by atoms with van der Waals surface area (Å²) >= 11 is 12.6. The van der Waals surface area contributed by atoms with E-state index in [0.29, 0.717) is 35.1 Å². The minimum atomic E-state index is -0.367. The summed E-state index contributed by atoms with van der Waals surface area (Å²) in [5.41, 5.74) is 4.03. The van der Waals surface area contributed by atoms with Crippen molar-refractivity contribution in [2.45, 2.75) is 20.8 Å². The van der Waals surface area contributed by atoms with Crippen LogP contribution in [-0.4, -0.2) is 54.3 Å². The second kappa shape index (κ2) is 8.65. The molecule has 31 heavy (non-hydrogen) atoms. The van der Waals surface area contributed by atoms with Crippen LogP contribution in [0.2, 0.25) is 10.0 Å². The third-order valence-electron chi connectivity index (χ3n) is 6.02. The Labute approximate surface area is 192 Å². The number of likely N-dealkylation sites (N-methyl/N-ethyl adjacent to an activating group) is 1. The predicted molar refractivity (Wildman–Crippen MR) is 125 cm³/mol. The second-order valence-electron chi connectivity index (χ2n) is 7.98. The first-order valence-electron chi connectivity index (χ1n) is 10.5. The molecule has 0 N–H and O–H groups in total. The van der Waals surface area contributed by atoms with Gasteiger partial charge in [-0.15, -0.1) is 0 Å². The maximum atomic E-state index is 13.7. The molecular formula is C24H25Cl2N3O2. The fourth-order valence-electron chi connectivity index (χ4n) is 4.32. The average Bonchev–Trinajstić information content (AvgIpc) is 3.00. The minimum absolute atomic E-state index is 0.197. The Balaban J connectivity index is 1.84. The Morgan fingerprint density at radius 1 is 0.935 bits per heavy atom. The van der Waals surface area contributed by atoms with E-state index in [1.54, 1.807) is 18.2 Å². The summed E-state index contributed by atoms with van der Waals surface area (Å²) in [7, 11) is 0. The molecule has 4 rings (SSSR count). The van der Waals surface area contributed by atoms with Gasteiger partial charge in [0.2, 0.25) is 0 Å². The number of rotatable bonds is 4. The molecular weight excluding hydrogens is 433 g/mol. The van der Waals surface area contributed by atoms with E-state index in [0.717, 1.165) is 36.3 Å². The third-order valence-corrected chi connectivity index (χ3v) is 6.83. The van der Waals surface area contributed by atoms with Gasteiger partial charge in [0.05, 0.1) is 21.3 Å². The van der Waals surface area contributed by atoms with Crippen molar-refractivity contribution in [2.24, 2.45) is 0 Å². The van der Waals surface area contributed by atoms with Crippen molar-refractivity contribution in [1.82, 2.24) is 9.80 Å². The van der Waals surface area contributed by atoms with Crippen molar-refractivity contribution in [2.75, 3.05) is 37.6 Å². The summed E-state index contributed by atoms with van der Waals surface area (Å²) in [5.74, 6) is -0.719. The lowest BCUT2D eigenvalue weighted by atomic mass is 9.97. The maximum Gasteiger partial charge on any atom is 0.282 e. The predicted octanol–water partition coefficient (Wildman–Crippen LogP) is 4.53. The average molecular weight is 458 g/mol. The van der Waals surface area contributed by atoms with Gasteiger partial charge in [-0.2, -0.15) is 0 Å². The molecule has 2 aliphatic rings. The van der Waals surface area contributed by atoms with Gasteiger partial charge < -0.3 is 9.80 Å². The van der Waals surface area contributed by atoms with Crippen molar-refractivity contribution in [3.63, 3.8) is 0 Å². The van der Waals surface area contributed by atoms with Crippen molar-refractivity contribution in [3.8, 4) is 0 Å². The summed E-state index contributed by atoms with van der Waals surface area (Å²) < 4.78 is 0. The lowest BCUT2D eigenvalue weighted by Gasteiger charge is -2.36. The highest BCUT2D eigenvalue weighted by Crippen LogP contribution is 2.40. The van der Waals surface area contributed by atoms with Crippen LogP contribution < -0.4 is 4.90 Å². The zero-order valence-electron chi connectivity index (χ0n) is 17.9. The van der Waals surface area contributed by atoms with Gasteiger partial charge in [0, 0.05) is 26.2 Å². The van der Waals surface area contributed by atoms with Crippen LogP contribution >= 0.6 is 23.2 Å². The van der Waals surface area contributed by atoms with Crippen LogP contribution in [0.4, 0.5) is 5.69 Å². The molecule has 1 saturated heterocycles. The molecule has 0 saturated carbocycles. The smallest absolute Gasteiger partial charge is 0.282 e. The van der Waals surface area contributed by atoms with Crippen LogP contribution in [0.25, 0.3) is 5.57 Å². The molecule has 2 amide bonds. The fourth-order valence-corrected chi connectivity index (χ4v) is 4.70. The van der Waals surface area contributed by atoms with Gasteiger partial charge in [0.25, 0.3) is 11.8 Å². The third kappa shape index (κ3) is 3.86. The lowest BCUT2D eigenvalue weighted by molar-refractivity contribution is -0.120. The Morgan fingerprint density at radius 3 is 2.29 bits per heavy atom. The van der Waals surface area contributed by atoms with E-state index in [1.165, 1.54) is 4.90 Å². The van der Waals surface area contributed by atoms with E-state index >= 15 is 0 Å². The number of aryl methyl sites for hydroxylation is 2. The first-order valence-corrected chi connectivity index (χ1v) is 11.2. The van der Waals surface area contributed by atoms with Crippen LogP contribution in [0.5, 0.6) is 0 Å². The monoisotopic (exact) mass is 457 g/mol. The number of amides is 2. The Bertz CT molecular complexity index is 1090. The largest absolute Gasteiger partial charge is 0.364 e. The van der Waals surface area contributed by atoms with Gasteiger partial charge in [-0.25, -0.2) is 4.90 Å². The molecule has 0 unspecified atom stereocenters. The highest BCUT2D eigenvalue weighted by molar-refractivity contribution is 6.49. The summed E-state index contributed by atoms with van der Waals surface area (Å²) in [6, 6.07) is 10.9. The molecule has 0 bridgehead atoms. The van der Waals surface area contributed by atoms with E-state index in [4.69, 9.17) is 23.2 Å². The van der Waals surface area contributed by atoms with E-state index < -0.39 is 0 Å². The van der Waals surface area contributed by atoms with E-state index in [2.05, 4.69) is 11.8 Å². The molecule has 2 heterocycles. The molecule has 2 aliphatic heterocycles. The summed E-state index contributed by atoms with van der Waals surface area (Å²) in [6.45, 7) is 10.1. The Kier molecular flexibility index (Phi) is 6.11. The topological polar surface area (TPSA) is 43.9 Å². The molecule has 1 fully saturated rings. The second-order valence-corrected chi connectivity index (χ2v) is 8.77. The maximum absolute atomic E-state index is 13.7. The fraction of sp³-hybridized carbons (Fsp3) is 0.333. The van der Waals surface area contributed by atoms with Crippen LogP contribution in [-0.2, 0) is 9.59 Å². The van der Waals surface area contributed by atoms with Crippen LogP contribution in [0.1, 0.15) is 23.6 Å². The number of nitrogens with zero attached hydrogens (tertiary/aromatic N) is 3. The quantitative estimate of drug-likeness (QED) is 0.632. The highest BCUT2D eigenvalue weighted by Gasteiger charge is 2.44. The van der Waals surface area contributed by atoms with Crippen molar-refractivity contribution >= 4 is 46.3 Å². The molecule has 5 nitrogen and oxygen atoms in total. The molecule has 0 spiro atoms. The van der Waals surface area contributed by atoms with Crippen LogP contribution in [0.15, 0.2) is 42.1 Å². The minimum Gasteiger partial charge on any atom is -0.364 e. The molecule has 0 radical (unpaired) electrons. The molecule has 7 heteroatoms. The van der Waals surface area contributed by atoms with E-state index in [9.17, 15) is 9.59 Å². The summed E-state index contributed by atoms with van der Waals surface area (Å²) in [5, 5.41) is 0.501. The number of anilines is 1. The van der Waals surface area contributed by atoms with Gasteiger partial charge in [0.15, 0.2) is 0 Å². The van der Waals surface area contributed by atoms with Crippen molar-refractivity contribution in [1.29, 1.82) is 0 Å². The number of hydrogen-bond donors (Lipinski definition) is 0. The number of imide groups is 1. The molecule has 2 aromatic carbocycles. The standard InChI is InChI=1S/C24H25Cl2N3O2/c1-4-27-10-12-28(13-11-27)22-20(17-9-8-15(2)14-16(17)3)23(30)29(24(22)31)19-7-5-6-18(25)21(19)26/h5-9,14H,4,10-13H2,1-3H3. The van der Waals surface area contributed by atoms with Crippen LogP contribution in [0, 0.1) is 13.8 Å². The number of hydrogen-bond acceptors (Lipinski definition) is 4. The van der Waals surface area contributed by atoms with Crippen molar-refractivity contribution < 1.29 is 9.59 Å². The molecule has 0 aromatic heterocycles. The van der Waals surface area contributed by atoms with Gasteiger partial charge >= 0.3 is 0 Å². The van der Waals surface area contributed by atoms with Gasteiger partial charge in [0.1, 0.15) is 5.70 Å². The molecule has 0 atom stereocenters. The summed E-state index contributed by atoms with van der Waals surface area (Å²) in [4.78, 5) is 32.9. The van der Waals surface area contributed by atoms with Crippen LogP contribution in [0.3, 0.4) is 0 Å². The zero-order chi connectivity index (χ0) is 22.3. The van der Waals surface area contributed by atoms with Gasteiger partial charge in [-0.05, 0) is 43.7 Å². The lowest BCUT2D eigenvalue weighted by Crippen LogP contribution is -2.47. The number of carbonyl (C=O) groups excluding carboxylic acids is 2. The molecule has 0 aliphatic carbocycles. The SMILES string of the molecule is CCN1CCN(C2=C(c3ccc(C)cc3C)C(=O)N(c3cccc(Cl)c3Cl)C2=O)CC1. The first kappa shape index (κ1) is 21.9. The Hall–Kier alpha value is -2.34. The van der Waals surface area contributed by atoms with E-state index in [1.807, 2.05) is 36.9 Å². The van der Waals surface area contributed by atoms with Gasteiger partial charge in [-0.3, -0.25) is 9.59 Å². The number of benzene rings is 2. The van der Waals surface area contributed by atoms with E-state index in [-0.39, 0.29) is 16.8 Å². The highest BCUT2D eigenvalue weighted by atomic mass is 35.5. The number of halogens is 2.